The fourth-order valence-corrected chi connectivity index (χ4v) is 1.10. The van der Waals surface area contributed by atoms with Crippen LogP contribution < -0.4 is 49.1 Å². The Labute approximate surface area is 122 Å². The van der Waals surface area contributed by atoms with Crippen LogP contribution in [0, 0.1) is 0 Å². The van der Waals surface area contributed by atoms with Crippen molar-refractivity contribution in [2.45, 2.75) is 0 Å². The predicted octanol–water partition coefficient (Wildman–Crippen LogP) is -7.64. The van der Waals surface area contributed by atoms with Gasteiger partial charge in [0.15, 0.2) is 0 Å². The summed E-state index contributed by atoms with van der Waals surface area (Å²) in [5.74, 6) is 0. The van der Waals surface area contributed by atoms with Gasteiger partial charge < -0.3 is 47.7 Å². The summed E-state index contributed by atoms with van der Waals surface area (Å²) in [5.41, 5.74) is 0. The summed E-state index contributed by atoms with van der Waals surface area (Å²) in [5, 5.41) is 0. The van der Waals surface area contributed by atoms with Crippen molar-refractivity contribution >= 4 is 40.8 Å². The molecule has 16 heteroatoms. The van der Waals surface area contributed by atoms with Crippen molar-refractivity contribution in [3.8, 4) is 0 Å². The second-order valence-electron chi connectivity index (χ2n) is 1.49. The number of rotatable bonds is 2. The van der Waals surface area contributed by atoms with E-state index < -0.39 is 23.5 Å². The Hall–Kier alpha value is 1.90. The molecule has 88 valence electrons. The molecular weight excluding hydrogens is 319 g/mol. The summed E-state index contributed by atoms with van der Waals surface area (Å²) in [6, 6.07) is 0. The molecule has 0 heterocycles. The first-order chi connectivity index (χ1) is 5.71. The number of phosphoric acid groups is 3. The van der Waals surface area contributed by atoms with Crippen LogP contribution in [0.15, 0.2) is 0 Å². The van der Waals surface area contributed by atoms with Gasteiger partial charge in [0.2, 0.25) is 0 Å². The van der Waals surface area contributed by atoms with E-state index in [0.29, 0.717) is 0 Å². The first-order valence-corrected chi connectivity index (χ1v) is 6.73. The van der Waals surface area contributed by atoms with Gasteiger partial charge in [-0.05, 0) is 0 Å². The van der Waals surface area contributed by atoms with Gasteiger partial charge in [0.05, 0.1) is 15.6 Å². The summed E-state index contributed by atoms with van der Waals surface area (Å²) in [6.07, 6.45) is 0. The van der Waals surface area contributed by atoms with Crippen LogP contribution in [0.5, 0.6) is 0 Å². The smallest absolute Gasteiger partial charge is 0.790 e. The van der Waals surface area contributed by atoms with Gasteiger partial charge in [-0.25, -0.2) is 4.57 Å². The fourth-order valence-electron chi connectivity index (χ4n) is 0.122. The maximum atomic E-state index is 9.32. The molecule has 0 aromatic heterocycles. The van der Waals surface area contributed by atoms with Gasteiger partial charge in [0.1, 0.15) is 0 Å². The van der Waals surface area contributed by atoms with Crippen LogP contribution in [-0.4, -0.2) is 32.0 Å². The third kappa shape index (κ3) is 56.6. The molecule has 0 aromatic carbocycles. The summed E-state index contributed by atoms with van der Waals surface area (Å²) >= 11 is 0. The molecule has 0 unspecified atom stereocenters. The zero-order chi connectivity index (χ0) is 12.2. The zero-order valence-electron chi connectivity index (χ0n) is 7.53. The Bertz CT molecular complexity index is 264. The number of hydrogen-bond acceptors (Lipinski definition) is 8. The van der Waals surface area contributed by atoms with E-state index in [1.54, 1.807) is 0 Å². The molecule has 0 aliphatic rings. The van der Waals surface area contributed by atoms with Crippen molar-refractivity contribution in [1.29, 1.82) is 0 Å². The Balaban J connectivity index is -0.0000000904. The van der Waals surface area contributed by atoms with Crippen molar-refractivity contribution < 1.29 is 81.8 Å². The van der Waals surface area contributed by atoms with Crippen LogP contribution in [0.2, 0.25) is 0 Å². The number of hydrogen-bond donors (Lipinski definition) is 3. The summed E-state index contributed by atoms with van der Waals surface area (Å²) in [7, 11) is -16.0. The summed E-state index contributed by atoms with van der Waals surface area (Å²) in [4.78, 5) is 58.9. The van der Waals surface area contributed by atoms with Gasteiger partial charge in [-0.2, -0.15) is 0 Å². The average molecular weight is 322 g/mol. The van der Waals surface area contributed by atoms with Gasteiger partial charge >= 0.3 is 54.7 Å². The molecule has 0 aliphatic carbocycles. The monoisotopic (exact) mass is 322 g/mol. The van der Waals surface area contributed by atoms with Crippen molar-refractivity contribution in [2.24, 2.45) is 0 Å². The van der Waals surface area contributed by atoms with Crippen molar-refractivity contribution in [1.82, 2.24) is 0 Å². The standard InChI is InChI=1S/Al.Na.H4O7P2.H3O4P/c;;1-8(2,3)7-9(4,5)6;1-5(2,3)4/h;;(H2,1,2,3)(H2,4,5,6);(H3,1,2,3,4)/q+3;+1;;/p-4. The molecule has 0 amide bonds. The van der Waals surface area contributed by atoms with E-state index in [2.05, 4.69) is 4.31 Å². The van der Waals surface area contributed by atoms with Crippen LogP contribution in [0.25, 0.3) is 0 Å². The van der Waals surface area contributed by atoms with Crippen LogP contribution in [0.1, 0.15) is 0 Å². The zero-order valence-corrected chi connectivity index (χ0v) is 13.4. The van der Waals surface area contributed by atoms with Crippen LogP contribution in [0.3, 0.4) is 0 Å². The minimum Gasteiger partial charge on any atom is -0.790 e. The minimum absolute atomic E-state index is 0. The van der Waals surface area contributed by atoms with Crippen LogP contribution in [0.4, 0.5) is 0 Å². The Morgan fingerprint density at radius 2 is 0.938 bits per heavy atom. The molecule has 3 N–H and O–H groups in total. The van der Waals surface area contributed by atoms with E-state index in [-0.39, 0.29) is 46.9 Å². The molecule has 0 spiro atoms. The summed E-state index contributed by atoms with van der Waals surface area (Å²) in [6.45, 7) is 0. The van der Waals surface area contributed by atoms with E-state index >= 15 is 0 Å². The van der Waals surface area contributed by atoms with Crippen LogP contribution >= 0.6 is 23.5 Å². The summed E-state index contributed by atoms with van der Waals surface area (Å²) < 4.78 is 30.0. The molecule has 0 fully saturated rings. The molecule has 0 saturated carbocycles. The molecule has 0 radical (unpaired) electrons. The maximum absolute atomic E-state index is 9.32. The SMILES string of the molecule is O=P(O)(O)O.O=P([O-])([O-])OP(=O)([O-])[O-].[Al+3].[Na+]. The molecule has 0 saturated heterocycles. The van der Waals surface area contributed by atoms with Gasteiger partial charge in [-0.3, -0.25) is 0 Å². The van der Waals surface area contributed by atoms with Gasteiger partial charge in [0, 0.05) is 0 Å². The molecule has 11 nitrogen and oxygen atoms in total. The normalized spacial score (nSPS) is 11.4. The first kappa shape index (κ1) is 26.5. The van der Waals surface area contributed by atoms with Gasteiger partial charge in [-0.1, -0.05) is 0 Å². The topological polar surface area (TPSA) is 213 Å². The average Bonchev–Trinajstić information content (AvgIpc) is 1.42. The molecule has 0 bridgehead atoms. The third-order valence-electron chi connectivity index (χ3n) is 0.200. The third-order valence-corrected chi connectivity index (χ3v) is 1.80. The predicted molar refractivity (Wildman–Crippen MR) is 36.3 cm³/mol. The first-order valence-electron chi connectivity index (χ1n) is 2.24. The molecular formula is H3AlNaO11P3. The second-order valence-corrected chi connectivity index (χ2v) is 4.96. The molecule has 0 rings (SSSR count). The molecule has 16 heavy (non-hydrogen) atoms. The van der Waals surface area contributed by atoms with E-state index in [0.717, 1.165) is 0 Å². The fraction of sp³-hybridized carbons (Fsp3) is 0. The quantitative estimate of drug-likeness (QED) is 0.320. The molecule has 0 atom stereocenters. The molecule has 0 aromatic rings. The van der Waals surface area contributed by atoms with E-state index in [4.69, 9.17) is 19.2 Å². The van der Waals surface area contributed by atoms with Crippen molar-refractivity contribution in [2.75, 3.05) is 0 Å². The Kier molecular flexibility index (Phi) is 16.2. The Morgan fingerprint density at radius 3 is 0.938 bits per heavy atom. The van der Waals surface area contributed by atoms with Crippen LogP contribution in [-0.2, 0) is 18.0 Å². The maximum Gasteiger partial charge on any atom is 3.00 e. The van der Waals surface area contributed by atoms with Gasteiger partial charge in [-0.15, -0.1) is 0 Å². The van der Waals surface area contributed by atoms with E-state index in [1.807, 2.05) is 0 Å². The molecule has 0 aliphatic heterocycles. The minimum atomic E-state index is -5.68. The Morgan fingerprint density at radius 1 is 0.812 bits per heavy atom. The van der Waals surface area contributed by atoms with E-state index in [9.17, 15) is 28.7 Å². The van der Waals surface area contributed by atoms with Crippen molar-refractivity contribution in [3.05, 3.63) is 0 Å². The van der Waals surface area contributed by atoms with Crippen molar-refractivity contribution in [3.63, 3.8) is 0 Å². The second kappa shape index (κ2) is 9.78. The van der Waals surface area contributed by atoms with E-state index in [1.165, 1.54) is 0 Å². The largest absolute Gasteiger partial charge is 3.00 e. The van der Waals surface area contributed by atoms with Gasteiger partial charge in [0.25, 0.3) is 0 Å².